The van der Waals surface area contributed by atoms with E-state index < -0.39 is 0 Å². The Morgan fingerprint density at radius 3 is 2.61 bits per heavy atom. The maximum Gasteiger partial charge on any atom is 0.332 e. The molecule has 0 N–H and O–H groups in total. The molecule has 0 atom stereocenters. The number of hydrogen-bond donors (Lipinski definition) is 0. The zero-order valence-corrected chi connectivity index (χ0v) is 11.1. The van der Waals surface area contributed by atoms with Crippen molar-refractivity contribution in [2.24, 2.45) is 18.0 Å². The number of fused-ring (bicyclic) bond motifs is 1. The van der Waals surface area contributed by atoms with Gasteiger partial charge in [0.25, 0.3) is 5.56 Å². The van der Waals surface area contributed by atoms with Crippen molar-refractivity contribution in [3.63, 3.8) is 0 Å². The van der Waals surface area contributed by atoms with Crippen LogP contribution >= 0.6 is 0 Å². The third-order valence-corrected chi connectivity index (χ3v) is 2.95. The van der Waals surface area contributed by atoms with E-state index in [1.165, 1.54) is 14.2 Å². The Morgan fingerprint density at radius 2 is 2.06 bits per heavy atom. The molecule has 0 fully saturated rings. The summed E-state index contributed by atoms with van der Waals surface area (Å²) in [5.41, 5.74) is -0.0750. The Hall–Kier alpha value is -1.85. The van der Waals surface area contributed by atoms with Crippen molar-refractivity contribution in [1.82, 2.24) is 9.13 Å². The molecule has 6 heteroatoms. The van der Waals surface area contributed by atoms with E-state index in [2.05, 4.69) is 4.99 Å². The van der Waals surface area contributed by atoms with Gasteiger partial charge in [0, 0.05) is 13.6 Å². The van der Waals surface area contributed by atoms with Crippen molar-refractivity contribution >= 4 is 11.7 Å². The minimum absolute atomic E-state index is 0.286. The Morgan fingerprint density at radius 1 is 1.39 bits per heavy atom. The van der Waals surface area contributed by atoms with E-state index in [0.717, 1.165) is 4.57 Å². The third-order valence-electron chi connectivity index (χ3n) is 2.95. The summed E-state index contributed by atoms with van der Waals surface area (Å²) in [5.74, 6) is 1.23. The molecule has 1 aromatic rings. The molecule has 0 bridgehead atoms. The van der Waals surface area contributed by atoms with E-state index in [1.807, 2.05) is 13.8 Å². The molecule has 1 aromatic heterocycles. The average Bonchev–Trinajstić information content (AvgIpc) is 2.75. The number of methoxy groups -OCH3 is 1. The van der Waals surface area contributed by atoms with Crippen LogP contribution in [-0.4, -0.2) is 22.1 Å². The Labute approximate surface area is 105 Å². The molecule has 1 aliphatic heterocycles. The lowest BCUT2D eigenvalue weighted by Gasteiger charge is -2.13. The average molecular weight is 251 g/mol. The molecule has 0 spiro atoms. The van der Waals surface area contributed by atoms with Crippen molar-refractivity contribution in [3.8, 4) is 0 Å². The predicted octanol–water partition coefficient (Wildman–Crippen LogP) is 0.435. The highest BCUT2D eigenvalue weighted by Crippen LogP contribution is 2.23. The van der Waals surface area contributed by atoms with E-state index in [4.69, 9.17) is 4.74 Å². The largest absolute Gasteiger partial charge is 0.484 e. The van der Waals surface area contributed by atoms with Crippen LogP contribution in [0.4, 0.5) is 5.82 Å². The van der Waals surface area contributed by atoms with Crippen LogP contribution in [0.3, 0.4) is 0 Å². The quantitative estimate of drug-likeness (QED) is 0.766. The maximum atomic E-state index is 12.1. The first-order valence-corrected chi connectivity index (χ1v) is 5.90. The van der Waals surface area contributed by atoms with Crippen molar-refractivity contribution in [2.45, 2.75) is 26.8 Å². The van der Waals surface area contributed by atoms with Gasteiger partial charge in [0.15, 0.2) is 5.90 Å². The highest BCUT2D eigenvalue weighted by molar-refractivity contribution is 5.86. The molecule has 0 radical (unpaired) electrons. The van der Waals surface area contributed by atoms with Crippen molar-refractivity contribution in [1.29, 1.82) is 0 Å². The van der Waals surface area contributed by atoms with E-state index in [9.17, 15) is 9.59 Å². The van der Waals surface area contributed by atoms with Crippen LogP contribution < -0.4 is 11.2 Å². The number of aromatic nitrogens is 2. The zero-order chi connectivity index (χ0) is 13.4. The summed E-state index contributed by atoms with van der Waals surface area (Å²) < 4.78 is 7.76. The summed E-state index contributed by atoms with van der Waals surface area (Å²) >= 11 is 0. The summed E-state index contributed by atoms with van der Waals surface area (Å²) in [6.45, 7) is 4.56. The standard InChI is InChI=1S/C12H17N3O3/c1-7(2)6-15-10-8(5-9(13-10)18-4)11(16)14(3)12(15)17/h7H,5-6H2,1-4H3. The van der Waals surface area contributed by atoms with Gasteiger partial charge in [0.2, 0.25) is 0 Å². The Kier molecular flexibility index (Phi) is 3.11. The van der Waals surface area contributed by atoms with Crippen LogP contribution in [0.5, 0.6) is 0 Å². The molecular weight excluding hydrogens is 234 g/mol. The van der Waals surface area contributed by atoms with E-state index in [0.29, 0.717) is 36.2 Å². The van der Waals surface area contributed by atoms with Crippen LogP contribution in [0.1, 0.15) is 19.4 Å². The maximum absolute atomic E-state index is 12.1. The monoisotopic (exact) mass is 251 g/mol. The molecule has 0 aliphatic carbocycles. The number of ether oxygens (including phenoxy) is 1. The summed E-state index contributed by atoms with van der Waals surface area (Å²) in [7, 11) is 3.01. The van der Waals surface area contributed by atoms with Gasteiger partial charge in [0.1, 0.15) is 5.82 Å². The highest BCUT2D eigenvalue weighted by Gasteiger charge is 2.24. The van der Waals surface area contributed by atoms with Gasteiger partial charge in [-0.25, -0.2) is 4.79 Å². The fourth-order valence-corrected chi connectivity index (χ4v) is 2.06. The van der Waals surface area contributed by atoms with Gasteiger partial charge in [-0.2, -0.15) is 4.99 Å². The predicted molar refractivity (Wildman–Crippen MR) is 68.6 cm³/mol. The fraction of sp³-hybridized carbons (Fsp3) is 0.583. The van der Waals surface area contributed by atoms with Gasteiger partial charge >= 0.3 is 5.69 Å². The lowest BCUT2D eigenvalue weighted by atomic mass is 10.2. The number of hydrogen-bond acceptors (Lipinski definition) is 4. The highest BCUT2D eigenvalue weighted by atomic mass is 16.5. The van der Waals surface area contributed by atoms with Gasteiger partial charge in [-0.1, -0.05) is 13.8 Å². The topological polar surface area (TPSA) is 65.6 Å². The molecule has 0 aromatic carbocycles. The van der Waals surface area contributed by atoms with E-state index in [-0.39, 0.29) is 11.2 Å². The van der Waals surface area contributed by atoms with Gasteiger partial charge in [-0.3, -0.25) is 13.9 Å². The molecule has 2 heterocycles. The second-order valence-corrected chi connectivity index (χ2v) is 4.84. The lowest BCUT2D eigenvalue weighted by molar-refractivity contribution is 0.396. The normalized spacial score (nSPS) is 13.7. The molecule has 6 nitrogen and oxygen atoms in total. The van der Waals surface area contributed by atoms with E-state index >= 15 is 0 Å². The van der Waals surface area contributed by atoms with Crippen molar-refractivity contribution in [2.75, 3.05) is 7.11 Å². The second kappa shape index (κ2) is 4.44. The van der Waals surface area contributed by atoms with Crippen LogP contribution in [0.2, 0.25) is 0 Å². The fourth-order valence-electron chi connectivity index (χ4n) is 2.06. The SMILES string of the molecule is COC1=Nc2c(c(=O)n(C)c(=O)n2CC(C)C)C1. The number of rotatable bonds is 2. The molecular formula is C12H17N3O3. The lowest BCUT2D eigenvalue weighted by Crippen LogP contribution is -2.40. The molecule has 1 aliphatic rings. The van der Waals surface area contributed by atoms with Crippen LogP contribution in [-0.2, 0) is 24.8 Å². The minimum Gasteiger partial charge on any atom is -0.484 e. The summed E-state index contributed by atoms with van der Waals surface area (Å²) in [6, 6.07) is 0. The molecule has 0 saturated carbocycles. The molecule has 0 amide bonds. The van der Waals surface area contributed by atoms with Crippen molar-refractivity contribution < 1.29 is 4.74 Å². The second-order valence-electron chi connectivity index (χ2n) is 4.84. The zero-order valence-electron chi connectivity index (χ0n) is 11.1. The van der Waals surface area contributed by atoms with Crippen LogP contribution in [0, 0.1) is 5.92 Å². The van der Waals surface area contributed by atoms with Gasteiger partial charge < -0.3 is 4.74 Å². The first-order valence-electron chi connectivity index (χ1n) is 5.90. The molecule has 98 valence electrons. The van der Waals surface area contributed by atoms with Gasteiger partial charge in [0.05, 0.1) is 19.1 Å². The third kappa shape index (κ3) is 1.87. The first kappa shape index (κ1) is 12.6. The summed E-state index contributed by atoms with van der Waals surface area (Å²) in [5, 5.41) is 0. The smallest absolute Gasteiger partial charge is 0.332 e. The van der Waals surface area contributed by atoms with E-state index in [1.54, 1.807) is 4.57 Å². The van der Waals surface area contributed by atoms with Crippen LogP contribution in [0.25, 0.3) is 0 Å². The van der Waals surface area contributed by atoms with Gasteiger partial charge in [-0.05, 0) is 5.92 Å². The minimum atomic E-state index is -0.325. The Balaban J connectivity index is 2.70. The van der Waals surface area contributed by atoms with Gasteiger partial charge in [-0.15, -0.1) is 0 Å². The first-order chi connectivity index (χ1) is 8.45. The number of aliphatic imine (C=N–C) groups is 1. The van der Waals surface area contributed by atoms with Crippen molar-refractivity contribution in [3.05, 3.63) is 26.4 Å². The summed E-state index contributed by atoms with van der Waals surface area (Å²) in [4.78, 5) is 28.3. The molecule has 2 rings (SSSR count). The number of nitrogens with zero attached hydrogens (tertiary/aromatic N) is 3. The molecule has 0 unspecified atom stereocenters. The Bertz CT molecular complexity index is 623. The molecule has 0 saturated heterocycles. The van der Waals surface area contributed by atoms with Crippen LogP contribution in [0.15, 0.2) is 14.6 Å². The summed E-state index contributed by atoms with van der Waals surface area (Å²) in [6.07, 6.45) is 0.358. The molecule has 18 heavy (non-hydrogen) atoms.